The molecule has 3 aromatic rings. The molecule has 1 fully saturated rings. The molecular formula is C26H25ClN4O3. The van der Waals surface area contributed by atoms with Crippen LogP contribution in [0.3, 0.4) is 0 Å². The molecule has 0 radical (unpaired) electrons. The summed E-state index contributed by atoms with van der Waals surface area (Å²) in [5.41, 5.74) is 5.25. The van der Waals surface area contributed by atoms with E-state index in [-0.39, 0.29) is 12.0 Å². The summed E-state index contributed by atoms with van der Waals surface area (Å²) in [5.74, 6) is -0.0820. The van der Waals surface area contributed by atoms with Gasteiger partial charge in [0.1, 0.15) is 0 Å². The number of carbonyl (C=O) groups excluding carboxylic acids is 2. The molecule has 0 atom stereocenters. The van der Waals surface area contributed by atoms with Gasteiger partial charge in [-0.3, -0.25) is 9.79 Å². The van der Waals surface area contributed by atoms with E-state index in [1.807, 2.05) is 37.4 Å². The summed E-state index contributed by atoms with van der Waals surface area (Å²) in [6.45, 7) is 4.88. The highest BCUT2D eigenvalue weighted by atomic mass is 35.5. The largest absolute Gasteiger partial charge is 0.449 e. The van der Waals surface area contributed by atoms with Crippen molar-refractivity contribution in [1.29, 1.82) is 0 Å². The smallest absolute Gasteiger partial charge is 0.409 e. The van der Waals surface area contributed by atoms with Gasteiger partial charge >= 0.3 is 6.09 Å². The highest BCUT2D eigenvalue weighted by Gasteiger charge is 2.26. The number of pyridine rings is 1. The van der Waals surface area contributed by atoms with E-state index in [0.717, 1.165) is 34.2 Å². The molecule has 2 aliphatic rings. The maximum absolute atomic E-state index is 13.2. The second-order valence-electron chi connectivity index (χ2n) is 8.50. The molecule has 1 aromatic heterocycles. The van der Waals surface area contributed by atoms with Gasteiger partial charge in [-0.25, -0.2) is 9.78 Å². The zero-order valence-corrected chi connectivity index (χ0v) is 19.7. The van der Waals surface area contributed by atoms with E-state index in [4.69, 9.17) is 21.3 Å². The third-order valence-electron chi connectivity index (χ3n) is 6.19. The SMILES string of the molecule is CCCOC(=O)N1CCN(C(=O)c2ccc3c(Cl)cc(-c4ccc5c(c4)CN=C5)nc3c2)CC1. The number of piperazine rings is 1. The highest BCUT2D eigenvalue weighted by Crippen LogP contribution is 2.30. The number of rotatable bonds is 4. The van der Waals surface area contributed by atoms with Gasteiger partial charge in [0.15, 0.2) is 0 Å². The van der Waals surface area contributed by atoms with Gasteiger partial charge in [0.25, 0.3) is 5.91 Å². The number of hydrogen-bond acceptors (Lipinski definition) is 5. The lowest BCUT2D eigenvalue weighted by atomic mass is 10.0. The number of halogens is 1. The van der Waals surface area contributed by atoms with Gasteiger partial charge < -0.3 is 14.5 Å². The molecule has 0 N–H and O–H groups in total. The number of ether oxygens (including phenoxy) is 1. The van der Waals surface area contributed by atoms with Gasteiger partial charge in [-0.05, 0) is 41.8 Å². The lowest BCUT2D eigenvalue weighted by Gasteiger charge is -2.34. The summed E-state index contributed by atoms with van der Waals surface area (Å²) in [6.07, 6.45) is 2.35. The van der Waals surface area contributed by atoms with Crippen molar-refractivity contribution in [3.63, 3.8) is 0 Å². The normalized spacial score (nSPS) is 15.0. The molecule has 2 amide bonds. The van der Waals surface area contributed by atoms with Crippen LogP contribution in [-0.2, 0) is 11.3 Å². The Morgan fingerprint density at radius 1 is 1.03 bits per heavy atom. The Morgan fingerprint density at radius 2 is 1.82 bits per heavy atom. The molecule has 8 heteroatoms. The van der Waals surface area contributed by atoms with Crippen molar-refractivity contribution in [2.24, 2.45) is 4.99 Å². The Labute approximate surface area is 203 Å². The Hall–Kier alpha value is -3.45. The van der Waals surface area contributed by atoms with Crippen molar-refractivity contribution in [3.8, 4) is 11.3 Å². The zero-order valence-electron chi connectivity index (χ0n) is 19.0. The first kappa shape index (κ1) is 22.3. The number of aromatic nitrogens is 1. The molecule has 0 spiro atoms. The van der Waals surface area contributed by atoms with E-state index in [9.17, 15) is 9.59 Å². The van der Waals surface area contributed by atoms with Gasteiger partial charge in [0.05, 0.1) is 29.4 Å². The molecule has 1 saturated heterocycles. The molecule has 2 aromatic carbocycles. The second kappa shape index (κ2) is 9.43. The zero-order chi connectivity index (χ0) is 23.7. The first-order chi connectivity index (χ1) is 16.5. The standard InChI is InChI=1S/C26H25ClN4O3/c1-2-11-34-26(33)31-9-7-30(8-10-31)25(32)18-5-6-21-22(27)14-23(29-24(21)13-18)17-3-4-19-15-28-16-20(19)12-17/h3-6,12-15H,2,7-11,16H2,1H3. The van der Waals surface area contributed by atoms with Crippen LogP contribution >= 0.6 is 11.6 Å². The second-order valence-corrected chi connectivity index (χ2v) is 8.91. The van der Waals surface area contributed by atoms with Gasteiger partial charge in [0.2, 0.25) is 0 Å². The van der Waals surface area contributed by atoms with Crippen LogP contribution in [0.5, 0.6) is 0 Å². The van der Waals surface area contributed by atoms with E-state index in [2.05, 4.69) is 11.1 Å². The highest BCUT2D eigenvalue weighted by molar-refractivity contribution is 6.35. The molecule has 34 heavy (non-hydrogen) atoms. The van der Waals surface area contributed by atoms with Crippen LogP contribution in [0.1, 0.15) is 34.8 Å². The van der Waals surface area contributed by atoms with Crippen molar-refractivity contribution >= 4 is 40.7 Å². The summed E-state index contributed by atoms with van der Waals surface area (Å²) < 4.78 is 5.20. The maximum atomic E-state index is 13.2. The molecular weight excluding hydrogens is 452 g/mol. The molecule has 7 nitrogen and oxygen atoms in total. The fraction of sp³-hybridized carbons (Fsp3) is 0.308. The van der Waals surface area contributed by atoms with Gasteiger partial charge in [-0.2, -0.15) is 0 Å². The molecule has 2 aliphatic heterocycles. The minimum Gasteiger partial charge on any atom is -0.449 e. The molecule has 3 heterocycles. The quantitative estimate of drug-likeness (QED) is 0.542. The van der Waals surface area contributed by atoms with Gasteiger partial charge in [-0.1, -0.05) is 36.7 Å². The van der Waals surface area contributed by atoms with Crippen molar-refractivity contribution in [2.45, 2.75) is 19.9 Å². The number of carbonyl (C=O) groups is 2. The van der Waals surface area contributed by atoms with Crippen molar-refractivity contribution in [3.05, 3.63) is 64.2 Å². The third kappa shape index (κ3) is 4.35. The fourth-order valence-electron chi connectivity index (χ4n) is 4.29. The minimum atomic E-state index is -0.316. The van der Waals surface area contributed by atoms with Crippen LogP contribution in [0.25, 0.3) is 22.2 Å². The Bertz CT molecular complexity index is 1300. The number of fused-ring (bicyclic) bond motifs is 2. The fourth-order valence-corrected chi connectivity index (χ4v) is 4.56. The van der Waals surface area contributed by atoms with E-state index in [1.54, 1.807) is 21.9 Å². The average molecular weight is 477 g/mol. The van der Waals surface area contributed by atoms with E-state index >= 15 is 0 Å². The van der Waals surface area contributed by atoms with E-state index in [0.29, 0.717) is 55.4 Å². The molecule has 0 bridgehead atoms. The Balaban J connectivity index is 1.35. The maximum Gasteiger partial charge on any atom is 0.409 e. The van der Waals surface area contributed by atoms with Crippen LogP contribution in [-0.4, -0.2) is 65.8 Å². The van der Waals surface area contributed by atoms with Gasteiger partial charge in [0, 0.05) is 48.9 Å². The lowest BCUT2D eigenvalue weighted by Crippen LogP contribution is -2.50. The molecule has 5 rings (SSSR count). The first-order valence-corrected chi connectivity index (χ1v) is 11.9. The molecule has 0 saturated carbocycles. The number of hydrogen-bond donors (Lipinski definition) is 0. The van der Waals surface area contributed by atoms with Gasteiger partial charge in [-0.15, -0.1) is 0 Å². The van der Waals surface area contributed by atoms with E-state index < -0.39 is 0 Å². The number of amides is 2. The van der Waals surface area contributed by atoms with Crippen molar-refractivity contribution in [1.82, 2.24) is 14.8 Å². The lowest BCUT2D eigenvalue weighted by molar-refractivity contribution is 0.0560. The predicted octanol–water partition coefficient (Wildman–Crippen LogP) is 4.79. The van der Waals surface area contributed by atoms with E-state index in [1.165, 1.54) is 0 Å². The van der Waals surface area contributed by atoms with Crippen LogP contribution in [0.2, 0.25) is 5.02 Å². The van der Waals surface area contributed by atoms with Crippen molar-refractivity contribution < 1.29 is 14.3 Å². The third-order valence-corrected chi connectivity index (χ3v) is 6.50. The van der Waals surface area contributed by atoms with Crippen LogP contribution in [0, 0.1) is 0 Å². The van der Waals surface area contributed by atoms with Crippen LogP contribution in [0.4, 0.5) is 4.79 Å². The Morgan fingerprint density at radius 3 is 2.62 bits per heavy atom. The summed E-state index contributed by atoms with van der Waals surface area (Å²) in [5, 5.41) is 1.39. The first-order valence-electron chi connectivity index (χ1n) is 11.5. The number of benzene rings is 2. The predicted molar refractivity (Wildman–Crippen MR) is 133 cm³/mol. The summed E-state index contributed by atoms with van der Waals surface area (Å²) in [7, 11) is 0. The minimum absolute atomic E-state index is 0.0820. The molecule has 174 valence electrons. The molecule has 0 aliphatic carbocycles. The summed E-state index contributed by atoms with van der Waals surface area (Å²) >= 11 is 6.58. The number of nitrogens with zero attached hydrogens (tertiary/aromatic N) is 4. The monoisotopic (exact) mass is 476 g/mol. The Kier molecular flexibility index (Phi) is 6.20. The summed E-state index contributed by atoms with van der Waals surface area (Å²) in [4.78, 5) is 37.8. The topological polar surface area (TPSA) is 75.1 Å². The van der Waals surface area contributed by atoms with Crippen LogP contribution in [0.15, 0.2) is 47.5 Å². The number of aliphatic imine (C=N–C) groups is 1. The van der Waals surface area contributed by atoms with Crippen molar-refractivity contribution in [2.75, 3.05) is 32.8 Å². The average Bonchev–Trinajstić information content (AvgIpc) is 3.34. The molecule has 0 unspecified atom stereocenters. The van der Waals surface area contributed by atoms with Crippen LogP contribution < -0.4 is 0 Å². The summed E-state index contributed by atoms with van der Waals surface area (Å²) in [6, 6.07) is 13.4.